The van der Waals surface area contributed by atoms with Gasteiger partial charge in [0.1, 0.15) is 0 Å². The van der Waals surface area contributed by atoms with Gasteiger partial charge in [-0.1, -0.05) is 52.0 Å². The molecule has 0 aromatic carbocycles. The molecular formula is C19H32N2. The highest BCUT2D eigenvalue weighted by Gasteiger charge is 2.21. The number of nitrogens with zero attached hydrogens (tertiary/aromatic N) is 1. The minimum absolute atomic E-state index is 0.501. The van der Waals surface area contributed by atoms with E-state index in [1.54, 1.807) is 0 Å². The monoisotopic (exact) mass is 288 g/mol. The van der Waals surface area contributed by atoms with Gasteiger partial charge in [-0.3, -0.25) is 4.98 Å². The molecule has 1 aromatic rings. The van der Waals surface area contributed by atoms with Gasteiger partial charge in [0.2, 0.25) is 0 Å². The van der Waals surface area contributed by atoms with E-state index in [1.807, 2.05) is 12.3 Å². The third-order valence-corrected chi connectivity index (χ3v) is 5.03. The van der Waals surface area contributed by atoms with Crippen molar-refractivity contribution >= 4 is 0 Å². The van der Waals surface area contributed by atoms with E-state index in [-0.39, 0.29) is 0 Å². The summed E-state index contributed by atoms with van der Waals surface area (Å²) in [6, 6.07) is 6.86. The normalized spacial score (nSPS) is 19.3. The zero-order valence-corrected chi connectivity index (χ0v) is 13.9. The van der Waals surface area contributed by atoms with Crippen molar-refractivity contribution in [1.82, 2.24) is 10.3 Å². The SMILES string of the molecule is CCCNC(CCC1CCCCC1)C(C)c1ccccn1. The maximum Gasteiger partial charge on any atom is 0.0447 e. The smallest absolute Gasteiger partial charge is 0.0447 e. The Labute approximate surface area is 130 Å². The topological polar surface area (TPSA) is 24.9 Å². The Balaban J connectivity index is 1.89. The fraction of sp³-hybridized carbons (Fsp3) is 0.737. The van der Waals surface area contributed by atoms with Gasteiger partial charge in [0, 0.05) is 23.9 Å². The van der Waals surface area contributed by atoms with Gasteiger partial charge in [-0.25, -0.2) is 0 Å². The molecular weight excluding hydrogens is 256 g/mol. The average Bonchev–Trinajstić information content (AvgIpc) is 2.56. The van der Waals surface area contributed by atoms with Crippen LogP contribution in [0.2, 0.25) is 0 Å². The molecule has 0 radical (unpaired) electrons. The Morgan fingerprint density at radius 2 is 2.05 bits per heavy atom. The molecule has 1 aliphatic rings. The first kappa shape index (κ1) is 16.5. The zero-order chi connectivity index (χ0) is 14.9. The predicted molar refractivity (Wildman–Crippen MR) is 90.5 cm³/mol. The maximum atomic E-state index is 4.56. The lowest BCUT2D eigenvalue weighted by molar-refractivity contribution is 0.302. The Morgan fingerprint density at radius 3 is 2.71 bits per heavy atom. The number of rotatable bonds is 8. The van der Waals surface area contributed by atoms with Crippen LogP contribution in [0.25, 0.3) is 0 Å². The van der Waals surface area contributed by atoms with Crippen LogP contribution in [0.5, 0.6) is 0 Å². The molecule has 0 aliphatic heterocycles. The van der Waals surface area contributed by atoms with Gasteiger partial charge in [-0.2, -0.15) is 0 Å². The molecule has 0 amide bonds. The van der Waals surface area contributed by atoms with Crippen LogP contribution in [0.1, 0.15) is 76.8 Å². The number of aromatic nitrogens is 1. The fourth-order valence-corrected chi connectivity index (χ4v) is 3.60. The molecule has 0 saturated heterocycles. The van der Waals surface area contributed by atoms with Gasteiger partial charge in [-0.05, 0) is 43.9 Å². The second-order valence-corrected chi connectivity index (χ2v) is 6.69. The van der Waals surface area contributed by atoms with Crippen LogP contribution in [-0.2, 0) is 0 Å². The number of hydrogen-bond acceptors (Lipinski definition) is 2. The summed E-state index contributed by atoms with van der Waals surface area (Å²) in [6.07, 6.45) is 13.1. The standard InChI is InChI=1S/C19H32N2/c1-3-14-20-19(13-12-17-9-5-4-6-10-17)16(2)18-11-7-8-15-21-18/h7-8,11,15-17,19-20H,3-6,9-10,12-14H2,1-2H3. The van der Waals surface area contributed by atoms with E-state index in [1.165, 1.54) is 57.1 Å². The van der Waals surface area contributed by atoms with Gasteiger partial charge in [-0.15, -0.1) is 0 Å². The van der Waals surface area contributed by atoms with Crippen molar-refractivity contribution in [3.05, 3.63) is 30.1 Å². The average molecular weight is 288 g/mol. The first-order valence-corrected chi connectivity index (χ1v) is 8.95. The van der Waals surface area contributed by atoms with Gasteiger partial charge < -0.3 is 5.32 Å². The lowest BCUT2D eigenvalue weighted by atomic mass is 9.83. The minimum atomic E-state index is 0.501. The molecule has 0 bridgehead atoms. The maximum absolute atomic E-state index is 4.56. The van der Waals surface area contributed by atoms with Crippen LogP contribution >= 0.6 is 0 Å². The van der Waals surface area contributed by atoms with E-state index in [9.17, 15) is 0 Å². The van der Waals surface area contributed by atoms with Crippen molar-refractivity contribution in [2.75, 3.05) is 6.54 Å². The van der Waals surface area contributed by atoms with Crippen molar-refractivity contribution < 1.29 is 0 Å². The van der Waals surface area contributed by atoms with E-state index < -0.39 is 0 Å². The van der Waals surface area contributed by atoms with E-state index in [0.29, 0.717) is 12.0 Å². The van der Waals surface area contributed by atoms with Crippen LogP contribution in [0.4, 0.5) is 0 Å². The number of pyridine rings is 1. The van der Waals surface area contributed by atoms with Crippen LogP contribution in [0.15, 0.2) is 24.4 Å². The molecule has 1 N–H and O–H groups in total. The molecule has 2 atom stereocenters. The highest BCUT2D eigenvalue weighted by Crippen LogP contribution is 2.29. The van der Waals surface area contributed by atoms with E-state index in [2.05, 4.69) is 36.3 Å². The molecule has 2 nitrogen and oxygen atoms in total. The summed E-state index contributed by atoms with van der Waals surface area (Å²) < 4.78 is 0. The lowest BCUT2D eigenvalue weighted by Gasteiger charge is -2.28. The van der Waals surface area contributed by atoms with Crippen molar-refractivity contribution in [2.45, 2.75) is 77.2 Å². The third kappa shape index (κ3) is 5.43. The molecule has 118 valence electrons. The molecule has 1 saturated carbocycles. The van der Waals surface area contributed by atoms with Crippen molar-refractivity contribution in [3.8, 4) is 0 Å². The molecule has 1 aliphatic carbocycles. The van der Waals surface area contributed by atoms with E-state index >= 15 is 0 Å². The highest BCUT2D eigenvalue weighted by atomic mass is 14.9. The molecule has 2 heteroatoms. The quantitative estimate of drug-likeness (QED) is 0.735. The second kappa shape index (κ2) is 9.19. The van der Waals surface area contributed by atoms with Crippen molar-refractivity contribution in [1.29, 1.82) is 0 Å². The van der Waals surface area contributed by atoms with E-state index in [0.717, 1.165) is 12.5 Å². The molecule has 2 unspecified atom stereocenters. The van der Waals surface area contributed by atoms with Crippen LogP contribution in [0, 0.1) is 5.92 Å². The third-order valence-electron chi connectivity index (χ3n) is 5.03. The molecule has 1 heterocycles. The predicted octanol–water partition coefficient (Wildman–Crippen LogP) is 4.91. The minimum Gasteiger partial charge on any atom is -0.313 e. The Hall–Kier alpha value is -0.890. The Bertz CT molecular complexity index is 370. The summed E-state index contributed by atoms with van der Waals surface area (Å²) in [5.41, 5.74) is 1.23. The number of hydrogen-bond donors (Lipinski definition) is 1. The van der Waals surface area contributed by atoms with E-state index in [4.69, 9.17) is 0 Å². The molecule has 1 aromatic heterocycles. The number of nitrogens with one attached hydrogen (secondary N) is 1. The summed E-state index contributed by atoms with van der Waals surface area (Å²) in [5.74, 6) is 1.47. The molecule has 0 spiro atoms. The summed E-state index contributed by atoms with van der Waals surface area (Å²) in [7, 11) is 0. The fourth-order valence-electron chi connectivity index (χ4n) is 3.60. The van der Waals surface area contributed by atoms with Gasteiger partial charge in [0.15, 0.2) is 0 Å². The summed E-state index contributed by atoms with van der Waals surface area (Å²) in [4.78, 5) is 4.56. The Morgan fingerprint density at radius 1 is 1.24 bits per heavy atom. The Kier molecular flexibility index (Phi) is 7.21. The molecule has 1 fully saturated rings. The van der Waals surface area contributed by atoms with Crippen molar-refractivity contribution in [2.24, 2.45) is 5.92 Å². The van der Waals surface area contributed by atoms with Gasteiger partial charge in [0.05, 0.1) is 0 Å². The van der Waals surface area contributed by atoms with Gasteiger partial charge >= 0.3 is 0 Å². The molecule has 2 rings (SSSR count). The first-order valence-electron chi connectivity index (χ1n) is 8.95. The second-order valence-electron chi connectivity index (χ2n) is 6.69. The van der Waals surface area contributed by atoms with Crippen LogP contribution in [-0.4, -0.2) is 17.6 Å². The summed E-state index contributed by atoms with van der Waals surface area (Å²) >= 11 is 0. The summed E-state index contributed by atoms with van der Waals surface area (Å²) in [6.45, 7) is 5.69. The van der Waals surface area contributed by atoms with Crippen LogP contribution in [0.3, 0.4) is 0 Å². The lowest BCUT2D eigenvalue weighted by Crippen LogP contribution is -2.35. The first-order chi connectivity index (χ1) is 10.3. The zero-order valence-electron chi connectivity index (χ0n) is 13.9. The molecule has 21 heavy (non-hydrogen) atoms. The summed E-state index contributed by atoms with van der Waals surface area (Å²) in [5, 5.41) is 3.77. The highest BCUT2D eigenvalue weighted by molar-refractivity contribution is 5.11. The largest absolute Gasteiger partial charge is 0.313 e. The van der Waals surface area contributed by atoms with Crippen molar-refractivity contribution in [3.63, 3.8) is 0 Å². The van der Waals surface area contributed by atoms with Crippen LogP contribution < -0.4 is 5.32 Å². The van der Waals surface area contributed by atoms with Gasteiger partial charge in [0.25, 0.3) is 0 Å².